The van der Waals surface area contributed by atoms with Crippen molar-refractivity contribution in [2.75, 3.05) is 20.2 Å². The molecule has 0 unspecified atom stereocenters. The highest BCUT2D eigenvalue weighted by atomic mass is 127. The summed E-state index contributed by atoms with van der Waals surface area (Å²) in [4.78, 5) is 4.74. The van der Waals surface area contributed by atoms with E-state index in [1.54, 1.807) is 13.3 Å². The van der Waals surface area contributed by atoms with Crippen LogP contribution in [0.25, 0.3) is 0 Å². The Morgan fingerprint density at radius 3 is 2.67 bits per heavy atom. The van der Waals surface area contributed by atoms with E-state index in [0.29, 0.717) is 6.54 Å². The lowest BCUT2D eigenvalue weighted by atomic mass is 10.1. The summed E-state index contributed by atoms with van der Waals surface area (Å²) in [5, 5.41) is 11.0. The zero-order valence-corrected chi connectivity index (χ0v) is 19.9. The minimum atomic E-state index is 0. The number of para-hydroxylation sites is 1. The molecule has 2 aromatic carbocycles. The molecule has 1 heterocycles. The minimum Gasteiger partial charge on any atom is -0.496 e. The van der Waals surface area contributed by atoms with Crippen LogP contribution in [0.1, 0.15) is 23.6 Å². The molecule has 0 atom stereocenters. The molecule has 0 amide bonds. The molecule has 3 aromatic rings. The van der Waals surface area contributed by atoms with E-state index in [2.05, 4.69) is 53.0 Å². The largest absolute Gasteiger partial charge is 0.496 e. The van der Waals surface area contributed by atoms with Crippen molar-refractivity contribution in [1.29, 1.82) is 0 Å². The predicted octanol–water partition coefficient (Wildman–Crippen LogP) is 3.86. The normalized spacial score (nSPS) is 10.9. The van der Waals surface area contributed by atoms with E-state index in [1.807, 2.05) is 35.1 Å². The molecular weight excluding hydrogens is 489 g/mol. The maximum absolute atomic E-state index is 5.42. The van der Waals surface area contributed by atoms with Crippen molar-refractivity contribution >= 4 is 29.9 Å². The fraction of sp³-hybridized carbons (Fsp3) is 0.304. The number of ether oxygens (including phenoxy) is 1. The molecule has 0 aliphatic heterocycles. The number of halogens is 1. The van der Waals surface area contributed by atoms with Crippen molar-refractivity contribution in [2.24, 2.45) is 4.99 Å². The number of hydrogen-bond acceptors (Lipinski definition) is 3. The molecule has 160 valence electrons. The number of rotatable bonds is 9. The van der Waals surface area contributed by atoms with E-state index < -0.39 is 0 Å². The van der Waals surface area contributed by atoms with Crippen molar-refractivity contribution in [3.8, 4) is 5.75 Å². The molecule has 2 N–H and O–H groups in total. The number of nitrogens with zero attached hydrogens (tertiary/aromatic N) is 3. The van der Waals surface area contributed by atoms with Crippen molar-refractivity contribution in [1.82, 2.24) is 20.4 Å². The summed E-state index contributed by atoms with van der Waals surface area (Å²) in [6.07, 6.45) is 4.64. The van der Waals surface area contributed by atoms with E-state index in [9.17, 15) is 0 Å². The fourth-order valence-electron chi connectivity index (χ4n) is 3.14. The van der Waals surface area contributed by atoms with Gasteiger partial charge in [-0.2, -0.15) is 5.10 Å². The number of aliphatic imine (C=N–C) groups is 1. The second-order valence-corrected chi connectivity index (χ2v) is 6.71. The lowest BCUT2D eigenvalue weighted by Gasteiger charge is -2.13. The third kappa shape index (κ3) is 7.37. The Balaban J connectivity index is 0.00000320. The third-order valence-corrected chi connectivity index (χ3v) is 4.54. The Hall–Kier alpha value is -2.55. The Labute approximate surface area is 195 Å². The highest BCUT2D eigenvalue weighted by Gasteiger charge is 2.03. The van der Waals surface area contributed by atoms with Gasteiger partial charge in [-0.25, -0.2) is 4.99 Å². The molecule has 0 spiro atoms. The molecule has 0 aliphatic rings. The van der Waals surface area contributed by atoms with Crippen LogP contribution in [0.3, 0.4) is 0 Å². The first-order valence-corrected chi connectivity index (χ1v) is 9.98. The maximum atomic E-state index is 5.42. The second kappa shape index (κ2) is 12.9. The average molecular weight is 519 g/mol. The van der Waals surface area contributed by atoms with Gasteiger partial charge >= 0.3 is 0 Å². The summed E-state index contributed by atoms with van der Waals surface area (Å²) >= 11 is 0. The fourth-order valence-corrected chi connectivity index (χ4v) is 3.14. The van der Waals surface area contributed by atoms with E-state index >= 15 is 0 Å². The zero-order chi connectivity index (χ0) is 20.3. The lowest BCUT2D eigenvalue weighted by molar-refractivity contribution is 0.409. The first kappa shape index (κ1) is 23.7. The van der Waals surface area contributed by atoms with Gasteiger partial charge in [-0.15, -0.1) is 24.0 Å². The van der Waals surface area contributed by atoms with Gasteiger partial charge in [0.2, 0.25) is 0 Å². The van der Waals surface area contributed by atoms with Crippen LogP contribution < -0.4 is 15.4 Å². The summed E-state index contributed by atoms with van der Waals surface area (Å²) in [5.41, 5.74) is 3.58. The van der Waals surface area contributed by atoms with Crippen molar-refractivity contribution in [2.45, 2.75) is 26.4 Å². The van der Waals surface area contributed by atoms with E-state index in [-0.39, 0.29) is 24.0 Å². The van der Waals surface area contributed by atoms with Crippen molar-refractivity contribution in [3.05, 3.63) is 83.7 Å². The zero-order valence-electron chi connectivity index (χ0n) is 17.5. The Kier molecular flexibility index (Phi) is 10.2. The minimum absolute atomic E-state index is 0. The Morgan fingerprint density at radius 2 is 1.90 bits per heavy atom. The third-order valence-electron chi connectivity index (χ3n) is 4.54. The molecule has 0 radical (unpaired) electrons. The Bertz CT molecular complexity index is 911. The molecule has 6 nitrogen and oxygen atoms in total. The van der Waals surface area contributed by atoms with Crippen LogP contribution in [0, 0.1) is 0 Å². The molecule has 0 saturated heterocycles. The second-order valence-electron chi connectivity index (χ2n) is 6.71. The summed E-state index contributed by atoms with van der Waals surface area (Å²) < 4.78 is 7.35. The Morgan fingerprint density at radius 1 is 1.07 bits per heavy atom. The van der Waals surface area contributed by atoms with Crippen molar-refractivity contribution in [3.63, 3.8) is 0 Å². The number of hydrogen-bond donors (Lipinski definition) is 2. The van der Waals surface area contributed by atoms with E-state index in [4.69, 9.17) is 9.73 Å². The van der Waals surface area contributed by atoms with Gasteiger partial charge in [0.1, 0.15) is 5.75 Å². The maximum Gasteiger partial charge on any atom is 0.191 e. The van der Waals surface area contributed by atoms with Gasteiger partial charge in [0, 0.05) is 25.5 Å². The highest BCUT2D eigenvalue weighted by molar-refractivity contribution is 14.0. The van der Waals surface area contributed by atoms with Crippen LogP contribution in [0.4, 0.5) is 0 Å². The molecule has 3 rings (SSSR count). The molecule has 0 saturated carbocycles. The van der Waals surface area contributed by atoms with Gasteiger partial charge in [0.15, 0.2) is 5.96 Å². The van der Waals surface area contributed by atoms with Crippen LogP contribution in [-0.4, -0.2) is 35.9 Å². The molecule has 0 bridgehead atoms. The highest BCUT2D eigenvalue weighted by Crippen LogP contribution is 2.17. The van der Waals surface area contributed by atoms with Gasteiger partial charge in [0.05, 0.1) is 20.2 Å². The molecule has 0 aliphatic carbocycles. The standard InChI is InChI=1S/C23H29N5O.HI/c1-3-24-23(25-14-12-21-10-4-5-11-22(21)29-2)26-17-19-8-6-9-20(16-19)18-28-15-7-13-27-28;/h4-11,13,15-16H,3,12,14,17-18H2,1-2H3,(H2,24,25,26);1H. The molecule has 1 aromatic heterocycles. The first-order chi connectivity index (χ1) is 14.3. The van der Waals surface area contributed by atoms with E-state index in [1.165, 1.54) is 16.7 Å². The smallest absolute Gasteiger partial charge is 0.191 e. The van der Waals surface area contributed by atoms with Gasteiger partial charge in [-0.05, 0) is 42.2 Å². The average Bonchev–Trinajstić information content (AvgIpc) is 3.25. The van der Waals surface area contributed by atoms with Gasteiger partial charge < -0.3 is 15.4 Å². The number of aromatic nitrogens is 2. The van der Waals surface area contributed by atoms with Crippen molar-refractivity contribution < 1.29 is 4.74 Å². The SMILES string of the molecule is CCNC(=NCc1cccc(Cn2cccn2)c1)NCCc1ccccc1OC.I. The van der Waals surface area contributed by atoms with Crippen LogP contribution in [0.15, 0.2) is 72.0 Å². The summed E-state index contributed by atoms with van der Waals surface area (Å²) in [7, 11) is 1.71. The van der Waals surface area contributed by atoms with Gasteiger partial charge in [-0.3, -0.25) is 4.68 Å². The molecule has 0 fully saturated rings. The van der Waals surface area contributed by atoms with E-state index in [0.717, 1.165) is 37.8 Å². The monoisotopic (exact) mass is 519 g/mol. The number of benzene rings is 2. The molecule has 30 heavy (non-hydrogen) atoms. The van der Waals surface area contributed by atoms with Gasteiger partial charge in [-0.1, -0.05) is 42.5 Å². The molecule has 7 heteroatoms. The van der Waals surface area contributed by atoms with Crippen LogP contribution in [0.5, 0.6) is 5.75 Å². The number of guanidine groups is 1. The van der Waals surface area contributed by atoms with Crippen LogP contribution >= 0.6 is 24.0 Å². The molecular formula is C23H30IN5O. The summed E-state index contributed by atoms with van der Waals surface area (Å²) in [5.74, 6) is 1.74. The summed E-state index contributed by atoms with van der Waals surface area (Å²) in [6.45, 7) is 5.06. The number of nitrogens with one attached hydrogen (secondary N) is 2. The lowest BCUT2D eigenvalue weighted by Crippen LogP contribution is -2.38. The first-order valence-electron chi connectivity index (χ1n) is 9.98. The van der Waals surface area contributed by atoms with Gasteiger partial charge in [0.25, 0.3) is 0 Å². The quantitative estimate of drug-likeness (QED) is 0.256. The predicted molar refractivity (Wildman–Crippen MR) is 133 cm³/mol. The number of methoxy groups -OCH3 is 1. The topological polar surface area (TPSA) is 63.5 Å². The van der Waals surface area contributed by atoms with Crippen LogP contribution in [0.2, 0.25) is 0 Å². The van der Waals surface area contributed by atoms with Crippen LogP contribution in [-0.2, 0) is 19.5 Å². The summed E-state index contributed by atoms with van der Waals surface area (Å²) in [6, 6.07) is 18.5.